The molecule has 0 saturated carbocycles. The molecule has 1 heterocycles. The molecular formula is C15H21NO3. The summed E-state index contributed by atoms with van der Waals surface area (Å²) in [7, 11) is 3.27. The summed E-state index contributed by atoms with van der Waals surface area (Å²) in [6.07, 6.45) is 2.04. The summed E-state index contributed by atoms with van der Waals surface area (Å²) in [6, 6.07) is 5.88. The van der Waals surface area contributed by atoms with Crippen LogP contribution in [0.3, 0.4) is 0 Å². The summed E-state index contributed by atoms with van der Waals surface area (Å²) in [5.74, 6) is 0.679. The van der Waals surface area contributed by atoms with Crippen molar-refractivity contribution in [2.24, 2.45) is 0 Å². The van der Waals surface area contributed by atoms with Crippen molar-refractivity contribution in [3.05, 3.63) is 29.3 Å². The number of carbonyl (C=O) groups excluding carboxylic acids is 1. The lowest BCUT2D eigenvalue weighted by Gasteiger charge is -2.25. The van der Waals surface area contributed by atoms with Crippen LogP contribution in [0.15, 0.2) is 18.2 Å². The molecule has 1 saturated heterocycles. The normalized spacial score (nSPS) is 18.7. The van der Waals surface area contributed by atoms with E-state index in [1.807, 2.05) is 30.0 Å². The van der Waals surface area contributed by atoms with Gasteiger partial charge < -0.3 is 14.4 Å². The Balaban J connectivity index is 2.25. The van der Waals surface area contributed by atoms with Gasteiger partial charge in [-0.3, -0.25) is 4.79 Å². The maximum atomic E-state index is 12.7. The Kier molecular flexibility index (Phi) is 4.43. The molecule has 0 spiro atoms. The number of likely N-dealkylation sites (tertiary alicyclic amines) is 1. The Labute approximate surface area is 114 Å². The quantitative estimate of drug-likeness (QED) is 0.836. The van der Waals surface area contributed by atoms with Crippen LogP contribution in [0.4, 0.5) is 0 Å². The second-order valence-corrected chi connectivity index (χ2v) is 4.95. The van der Waals surface area contributed by atoms with E-state index in [0.29, 0.717) is 17.9 Å². The molecule has 1 atom stereocenters. The molecule has 1 aliphatic rings. The Hall–Kier alpha value is -1.55. The average Bonchev–Trinajstić information content (AvgIpc) is 2.86. The molecule has 1 aromatic carbocycles. The summed E-state index contributed by atoms with van der Waals surface area (Å²) in [5, 5.41) is 0. The van der Waals surface area contributed by atoms with Gasteiger partial charge in [0.1, 0.15) is 5.75 Å². The van der Waals surface area contributed by atoms with Gasteiger partial charge >= 0.3 is 0 Å². The molecule has 2 rings (SSSR count). The summed E-state index contributed by atoms with van der Waals surface area (Å²) in [5.41, 5.74) is 1.71. The number of aryl methyl sites for hydroxylation is 1. The standard InChI is InChI=1S/C15H21NO3/c1-11-6-7-14(19-3)13(9-11)15(17)16-8-4-5-12(16)10-18-2/h6-7,9,12H,4-5,8,10H2,1-3H3. The molecule has 0 N–H and O–H groups in total. The second kappa shape index (κ2) is 6.06. The van der Waals surface area contributed by atoms with Crippen LogP contribution in [-0.4, -0.2) is 44.2 Å². The minimum absolute atomic E-state index is 0.0418. The molecule has 4 heteroatoms. The summed E-state index contributed by atoms with van der Waals surface area (Å²) in [6.45, 7) is 3.37. The summed E-state index contributed by atoms with van der Waals surface area (Å²) in [4.78, 5) is 14.6. The van der Waals surface area contributed by atoms with Gasteiger partial charge in [0.25, 0.3) is 5.91 Å². The van der Waals surface area contributed by atoms with Crippen LogP contribution < -0.4 is 4.74 Å². The number of nitrogens with zero attached hydrogens (tertiary/aromatic N) is 1. The number of methoxy groups -OCH3 is 2. The molecule has 104 valence electrons. The van der Waals surface area contributed by atoms with E-state index < -0.39 is 0 Å². The van der Waals surface area contributed by atoms with Crippen LogP contribution in [0.25, 0.3) is 0 Å². The van der Waals surface area contributed by atoms with Crippen LogP contribution in [0, 0.1) is 6.92 Å². The third-order valence-electron chi connectivity index (χ3n) is 3.58. The van der Waals surface area contributed by atoms with Gasteiger partial charge in [0, 0.05) is 13.7 Å². The Morgan fingerprint density at radius 3 is 2.89 bits per heavy atom. The molecular weight excluding hydrogens is 242 g/mol. The Bertz CT molecular complexity index is 459. The highest BCUT2D eigenvalue weighted by atomic mass is 16.5. The second-order valence-electron chi connectivity index (χ2n) is 4.95. The lowest BCUT2D eigenvalue weighted by Crippen LogP contribution is -2.38. The number of hydrogen-bond donors (Lipinski definition) is 0. The number of ether oxygens (including phenoxy) is 2. The molecule has 0 aromatic heterocycles. The van der Waals surface area contributed by atoms with Crippen LogP contribution in [0.1, 0.15) is 28.8 Å². The van der Waals surface area contributed by atoms with Gasteiger partial charge in [0.15, 0.2) is 0 Å². The zero-order chi connectivity index (χ0) is 13.8. The number of benzene rings is 1. The smallest absolute Gasteiger partial charge is 0.257 e. The first-order chi connectivity index (χ1) is 9.17. The van der Waals surface area contributed by atoms with Crippen LogP contribution in [-0.2, 0) is 4.74 Å². The Morgan fingerprint density at radius 2 is 2.21 bits per heavy atom. The first kappa shape index (κ1) is 13.9. The van der Waals surface area contributed by atoms with Crippen molar-refractivity contribution in [3.63, 3.8) is 0 Å². The monoisotopic (exact) mass is 263 g/mol. The van der Waals surface area contributed by atoms with Crippen LogP contribution in [0.5, 0.6) is 5.75 Å². The topological polar surface area (TPSA) is 38.8 Å². The fourth-order valence-corrected chi connectivity index (χ4v) is 2.61. The fraction of sp³-hybridized carbons (Fsp3) is 0.533. The van der Waals surface area contributed by atoms with Gasteiger partial charge in [-0.15, -0.1) is 0 Å². The minimum atomic E-state index is 0.0418. The highest BCUT2D eigenvalue weighted by Crippen LogP contribution is 2.26. The van der Waals surface area contributed by atoms with E-state index in [2.05, 4.69) is 0 Å². The van der Waals surface area contributed by atoms with Gasteiger partial charge in [0.05, 0.1) is 25.3 Å². The van der Waals surface area contributed by atoms with E-state index in [4.69, 9.17) is 9.47 Å². The van der Waals surface area contributed by atoms with Gasteiger partial charge in [-0.05, 0) is 31.9 Å². The third kappa shape index (κ3) is 2.89. The zero-order valence-electron chi connectivity index (χ0n) is 11.8. The molecule has 0 bridgehead atoms. The largest absolute Gasteiger partial charge is 0.496 e. The first-order valence-electron chi connectivity index (χ1n) is 6.62. The molecule has 4 nitrogen and oxygen atoms in total. The predicted molar refractivity (Wildman–Crippen MR) is 73.7 cm³/mol. The number of hydrogen-bond acceptors (Lipinski definition) is 3. The van der Waals surface area contributed by atoms with Gasteiger partial charge in [-0.2, -0.15) is 0 Å². The van der Waals surface area contributed by atoms with Crippen molar-refractivity contribution in [3.8, 4) is 5.75 Å². The van der Waals surface area contributed by atoms with Crippen molar-refractivity contribution in [2.75, 3.05) is 27.4 Å². The van der Waals surface area contributed by atoms with E-state index in [9.17, 15) is 4.79 Å². The van der Waals surface area contributed by atoms with E-state index in [1.165, 1.54) is 0 Å². The van der Waals surface area contributed by atoms with Crippen molar-refractivity contribution in [2.45, 2.75) is 25.8 Å². The van der Waals surface area contributed by atoms with Gasteiger partial charge in [-0.25, -0.2) is 0 Å². The lowest BCUT2D eigenvalue weighted by atomic mass is 10.1. The van der Waals surface area contributed by atoms with E-state index >= 15 is 0 Å². The predicted octanol–water partition coefficient (Wildman–Crippen LogP) is 2.25. The molecule has 1 aromatic rings. The van der Waals surface area contributed by atoms with E-state index in [-0.39, 0.29) is 11.9 Å². The summed E-state index contributed by atoms with van der Waals surface area (Å²) >= 11 is 0. The Morgan fingerprint density at radius 1 is 1.42 bits per heavy atom. The minimum Gasteiger partial charge on any atom is -0.496 e. The van der Waals surface area contributed by atoms with Gasteiger partial charge in [0.2, 0.25) is 0 Å². The van der Waals surface area contributed by atoms with E-state index in [0.717, 1.165) is 24.9 Å². The molecule has 0 radical (unpaired) electrons. The average molecular weight is 263 g/mol. The molecule has 1 unspecified atom stereocenters. The number of amides is 1. The van der Waals surface area contributed by atoms with Crippen molar-refractivity contribution in [1.82, 2.24) is 4.90 Å². The highest BCUT2D eigenvalue weighted by Gasteiger charge is 2.30. The molecule has 19 heavy (non-hydrogen) atoms. The van der Waals surface area contributed by atoms with Gasteiger partial charge in [-0.1, -0.05) is 11.6 Å². The summed E-state index contributed by atoms with van der Waals surface area (Å²) < 4.78 is 10.5. The molecule has 1 amide bonds. The SMILES string of the molecule is COCC1CCCN1C(=O)c1cc(C)ccc1OC. The van der Waals surface area contributed by atoms with Crippen LogP contribution >= 0.6 is 0 Å². The number of carbonyl (C=O) groups is 1. The first-order valence-corrected chi connectivity index (χ1v) is 6.62. The molecule has 1 aliphatic heterocycles. The van der Waals surface area contributed by atoms with Crippen molar-refractivity contribution >= 4 is 5.91 Å². The van der Waals surface area contributed by atoms with Crippen molar-refractivity contribution < 1.29 is 14.3 Å². The maximum Gasteiger partial charge on any atom is 0.257 e. The molecule has 0 aliphatic carbocycles. The number of rotatable bonds is 4. The van der Waals surface area contributed by atoms with E-state index in [1.54, 1.807) is 14.2 Å². The van der Waals surface area contributed by atoms with Crippen molar-refractivity contribution in [1.29, 1.82) is 0 Å². The lowest BCUT2D eigenvalue weighted by molar-refractivity contribution is 0.0627. The zero-order valence-corrected chi connectivity index (χ0v) is 11.8. The van der Waals surface area contributed by atoms with Crippen LogP contribution in [0.2, 0.25) is 0 Å². The maximum absolute atomic E-state index is 12.7. The highest BCUT2D eigenvalue weighted by molar-refractivity contribution is 5.97. The molecule has 1 fully saturated rings. The third-order valence-corrected chi connectivity index (χ3v) is 3.58. The fourth-order valence-electron chi connectivity index (χ4n) is 2.61.